The fraction of sp³-hybridized carbons (Fsp3) is 0.250. The van der Waals surface area contributed by atoms with Crippen molar-refractivity contribution in [1.82, 2.24) is 5.43 Å². The Labute approximate surface area is 185 Å². The Balaban J connectivity index is 2.04. The molecule has 1 N–H and O–H groups in total. The summed E-state index contributed by atoms with van der Waals surface area (Å²) in [5.74, 6) is -0.728. The number of hydrazone groups is 1. The highest BCUT2D eigenvalue weighted by molar-refractivity contribution is 7.92. The van der Waals surface area contributed by atoms with Crippen molar-refractivity contribution in [2.24, 2.45) is 5.10 Å². The van der Waals surface area contributed by atoms with Crippen LogP contribution >= 0.6 is 11.6 Å². The van der Waals surface area contributed by atoms with Crippen LogP contribution in [0.4, 0.5) is 5.69 Å². The van der Waals surface area contributed by atoms with Gasteiger partial charge in [0, 0.05) is 5.02 Å². The number of hydrogen-bond acceptors (Lipinski definition) is 7. The zero-order valence-electron chi connectivity index (χ0n) is 17.2. The van der Waals surface area contributed by atoms with E-state index in [0.29, 0.717) is 27.6 Å². The third-order valence-corrected chi connectivity index (χ3v) is 5.32. The van der Waals surface area contributed by atoms with Crippen molar-refractivity contribution in [3.63, 3.8) is 0 Å². The Kier molecular flexibility index (Phi) is 8.40. The molecule has 11 heteroatoms. The largest absolute Gasteiger partial charge is 0.482 e. The number of carbonyl (C=O) groups excluding carboxylic acids is 2. The Morgan fingerprint density at radius 3 is 2.61 bits per heavy atom. The first-order valence-corrected chi connectivity index (χ1v) is 11.2. The topological polar surface area (TPSA) is 114 Å². The highest BCUT2D eigenvalue weighted by Crippen LogP contribution is 2.25. The van der Waals surface area contributed by atoms with Gasteiger partial charge in [-0.05, 0) is 48.4 Å². The van der Waals surface area contributed by atoms with Crippen LogP contribution < -0.4 is 14.5 Å². The lowest BCUT2D eigenvalue weighted by Crippen LogP contribution is -2.39. The molecule has 0 aliphatic rings. The van der Waals surface area contributed by atoms with E-state index in [2.05, 4.69) is 15.3 Å². The molecule has 166 valence electrons. The first kappa shape index (κ1) is 24.2. The maximum atomic E-state index is 12.3. The molecule has 2 rings (SSSR count). The van der Waals surface area contributed by atoms with Crippen LogP contribution in [0.25, 0.3) is 0 Å². The van der Waals surface area contributed by atoms with Crippen molar-refractivity contribution in [3.8, 4) is 5.75 Å². The minimum absolute atomic E-state index is 0.237. The summed E-state index contributed by atoms with van der Waals surface area (Å²) < 4.78 is 35.2. The molecule has 0 bridgehead atoms. The molecular weight excluding hydrogens is 446 g/mol. The van der Waals surface area contributed by atoms with E-state index in [1.165, 1.54) is 19.4 Å². The second-order valence-electron chi connectivity index (χ2n) is 6.43. The van der Waals surface area contributed by atoms with Crippen LogP contribution in [-0.2, 0) is 24.3 Å². The highest BCUT2D eigenvalue weighted by atomic mass is 35.5. The third kappa shape index (κ3) is 7.58. The molecule has 0 aliphatic heterocycles. The average Bonchev–Trinajstić information content (AvgIpc) is 2.70. The summed E-state index contributed by atoms with van der Waals surface area (Å²) in [7, 11) is -2.46. The summed E-state index contributed by atoms with van der Waals surface area (Å²) >= 11 is 5.92. The average molecular weight is 468 g/mol. The summed E-state index contributed by atoms with van der Waals surface area (Å²) in [6.07, 6.45) is 2.37. The van der Waals surface area contributed by atoms with E-state index >= 15 is 0 Å². The molecule has 0 spiro atoms. The third-order valence-electron chi connectivity index (χ3n) is 3.96. The Morgan fingerprint density at radius 2 is 1.97 bits per heavy atom. The molecule has 0 unspecified atom stereocenters. The number of halogens is 1. The van der Waals surface area contributed by atoms with Crippen LogP contribution in [0.2, 0.25) is 5.02 Å². The number of aryl methyl sites for hydroxylation is 1. The molecular formula is C20H22ClN3O6S. The molecule has 0 saturated carbocycles. The van der Waals surface area contributed by atoms with Gasteiger partial charge in [-0.1, -0.05) is 23.7 Å². The lowest BCUT2D eigenvalue weighted by atomic mass is 10.2. The van der Waals surface area contributed by atoms with Gasteiger partial charge in [0.1, 0.15) is 12.3 Å². The van der Waals surface area contributed by atoms with Crippen molar-refractivity contribution in [3.05, 3.63) is 58.6 Å². The predicted molar refractivity (Wildman–Crippen MR) is 118 cm³/mol. The first-order chi connectivity index (χ1) is 14.6. The summed E-state index contributed by atoms with van der Waals surface area (Å²) in [5.41, 5.74) is 3.85. The van der Waals surface area contributed by atoms with Crippen molar-refractivity contribution < 1.29 is 27.5 Å². The Bertz CT molecular complexity index is 1090. The van der Waals surface area contributed by atoms with Crippen molar-refractivity contribution in [2.45, 2.75) is 6.92 Å². The van der Waals surface area contributed by atoms with E-state index in [0.717, 1.165) is 10.6 Å². The number of esters is 1. The fourth-order valence-corrected chi connectivity index (χ4v) is 3.65. The quantitative estimate of drug-likeness (QED) is 0.343. The molecule has 2 aromatic rings. The van der Waals surface area contributed by atoms with Gasteiger partial charge in [-0.25, -0.2) is 18.6 Å². The number of benzene rings is 2. The van der Waals surface area contributed by atoms with Gasteiger partial charge >= 0.3 is 5.97 Å². The standard InChI is InChI=1S/C20H22ClN3O6S/c1-14-9-16(21)7-8-18(14)24(31(3,27)28)12-19(25)23-22-11-15-5-4-6-17(10-15)30-13-20(26)29-2/h4-11H,12-13H2,1-3H3,(H,23,25)/b22-11-. The van der Waals surface area contributed by atoms with Crippen molar-refractivity contribution in [1.29, 1.82) is 0 Å². The van der Waals surface area contributed by atoms with Gasteiger partial charge in [0.25, 0.3) is 5.91 Å². The number of nitrogens with zero attached hydrogens (tertiary/aromatic N) is 2. The Hall–Kier alpha value is -3.11. The Morgan fingerprint density at radius 1 is 1.23 bits per heavy atom. The molecule has 0 atom stereocenters. The normalized spacial score (nSPS) is 11.2. The number of hydrogen-bond donors (Lipinski definition) is 1. The molecule has 1 amide bonds. The molecule has 0 aliphatic carbocycles. The second kappa shape index (κ2) is 10.8. The van der Waals surface area contributed by atoms with Gasteiger partial charge in [-0.3, -0.25) is 9.10 Å². The van der Waals surface area contributed by atoms with Crippen LogP contribution in [0.5, 0.6) is 5.75 Å². The van der Waals surface area contributed by atoms with Gasteiger partial charge < -0.3 is 9.47 Å². The number of sulfonamides is 1. The minimum Gasteiger partial charge on any atom is -0.482 e. The van der Waals surface area contributed by atoms with Crippen LogP contribution in [0.15, 0.2) is 47.6 Å². The molecule has 2 aromatic carbocycles. The second-order valence-corrected chi connectivity index (χ2v) is 8.77. The van der Waals surface area contributed by atoms with E-state index in [4.69, 9.17) is 16.3 Å². The SMILES string of the molecule is COC(=O)COc1cccc(/C=N\NC(=O)CN(c2ccc(Cl)cc2C)S(C)(=O)=O)c1. The smallest absolute Gasteiger partial charge is 0.343 e. The monoisotopic (exact) mass is 467 g/mol. The van der Waals surface area contributed by atoms with E-state index < -0.39 is 28.4 Å². The molecule has 0 saturated heterocycles. The minimum atomic E-state index is -3.72. The summed E-state index contributed by atoms with van der Waals surface area (Å²) in [5, 5.41) is 4.30. The molecule has 0 heterocycles. The van der Waals surface area contributed by atoms with Crippen LogP contribution in [-0.4, -0.2) is 53.0 Å². The molecule has 9 nitrogen and oxygen atoms in total. The van der Waals surface area contributed by atoms with Crippen molar-refractivity contribution in [2.75, 3.05) is 30.8 Å². The number of nitrogens with one attached hydrogen (secondary N) is 1. The van der Waals surface area contributed by atoms with Gasteiger partial charge in [0.15, 0.2) is 6.61 Å². The molecule has 0 aromatic heterocycles. The van der Waals surface area contributed by atoms with E-state index in [1.807, 2.05) is 0 Å². The van der Waals surface area contributed by atoms with E-state index in [-0.39, 0.29) is 6.61 Å². The molecule has 31 heavy (non-hydrogen) atoms. The zero-order chi connectivity index (χ0) is 23.0. The summed E-state index contributed by atoms with van der Waals surface area (Å²) in [4.78, 5) is 23.4. The molecule has 0 radical (unpaired) electrons. The number of amides is 1. The highest BCUT2D eigenvalue weighted by Gasteiger charge is 2.22. The lowest BCUT2D eigenvalue weighted by molar-refractivity contribution is -0.142. The predicted octanol–water partition coefficient (Wildman–Crippen LogP) is 2.12. The lowest BCUT2D eigenvalue weighted by Gasteiger charge is -2.23. The maximum Gasteiger partial charge on any atom is 0.343 e. The number of methoxy groups -OCH3 is 1. The zero-order valence-corrected chi connectivity index (χ0v) is 18.7. The van der Waals surface area contributed by atoms with E-state index in [9.17, 15) is 18.0 Å². The first-order valence-electron chi connectivity index (χ1n) is 8.95. The fourth-order valence-electron chi connectivity index (χ4n) is 2.51. The van der Waals surface area contributed by atoms with Gasteiger partial charge in [0.05, 0.1) is 25.3 Å². The molecule has 0 fully saturated rings. The number of anilines is 1. The summed E-state index contributed by atoms with van der Waals surface area (Å²) in [6, 6.07) is 11.4. The van der Waals surface area contributed by atoms with Crippen LogP contribution in [0.3, 0.4) is 0 Å². The van der Waals surface area contributed by atoms with Crippen LogP contribution in [0, 0.1) is 6.92 Å². The van der Waals surface area contributed by atoms with Crippen LogP contribution in [0.1, 0.15) is 11.1 Å². The maximum absolute atomic E-state index is 12.3. The van der Waals surface area contributed by atoms with Gasteiger partial charge in [0.2, 0.25) is 10.0 Å². The van der Waals surface area contributed by atoms with Crippen molar-refractivity contribution >= 4 is 45.4 Å². The number of ether oxygens (including phenoxy) is 2. The number of carbonyl (C=O) groups is 2. The summed E-state index contributed by atoms with van der Waals surface area (Å²) in [6.45, 7) is 1.00. The van der Waals surface area contributed by atoms with Gasteiger partial charge in [-0.15, -0.1) is 0 Å². The van der Waals surface area contributed by atoms with Gasteiger partial charge in [-0.2, -0.15) is 5.10 Å². The number of rotatable bonds is 9. The van der Waals surface area contributed by atoms with E-state index in [1.54, 1.807) is 43.3 Å².